The van der Waals surface area contributed by atoms with E-state index in [9.17, 15) is 0 Å². The molecule has 0 unspecified atom stereocenters. The maximum Gasteiger partial charge on any atom is 0.111 e. The van der Waals surface area contributed by atoms with Crippen LogP contribution in [0.3, 0.4) is 0 Å². The van der Waals surface area contributed by atoms with Crippen molar-refractivity contribution < 1.29 is 0 Å². The van der Waals surface area contributed by atoms with E-state index in [1.807, 2.05) is 4.57 Å². The molecule has 0 saturated heterocycles. The molecule has 1 aromatic heterocycles. The first-order valence-electron chi connectivity index (χ1n) is 6.36. The number of nitriles is 1. The molecule has 2 aromatic rings. The summed E-state index contributed by atoms with van der Waals surface area (Å²) in [6.07, 6.45) is 0.911. The molecule has 0 aliphatic rings. The number of hydrogen-bond donors (Lipinski definition) is 0. The van der Waals surface area contributed by atoms with Crippen molar-refractivity contribution in [3.8, 4) is 6.07 Å². The predicted molar refractivity (Wildman–Crippen MR) is 73.4 cm³/mol. The molecular weight excluding hydrogens is 222 g/mol. The molecule has 0 atom stereocenters. The van der Waals surface area contributed by atoms with Gasteiger partial charge < -0.3 is 4.57 Å². The molecule has 2 rings (SSSR count). The fourth-order valence-electron chi connectivity index (χ4n) is 2.20. The molecule has 18 heavy (non-hydrogen) atoms. The number of nitrogens with zero attached hydrogens (tertiary/aromatic N) is 3. The van der Waals surface area contributed by atoms with Crippen LogP contribution in [0, 0.1) is 31.1 Å². The summed E-state index contributed by atoms with van der Waals surface area (Å²) in [4.78, 5) is 4.69. The maximum atomic E-state index is 8.98. The van der Waals surface area contributed by atoms with Gasteiger partial charge in [0.25, 0.3) is 0 Å². The van der Waals surface area contributed by atoms with Gasteiger partial charge in [0.15, 0.2) is 0 Å². The second-order valence-electron chi connectivity index (χ2n) is 5.30. The normalized spacial score (nSPS) is 11.1. The summed E-state index contributed by atoms with van der Waals surface area (Å²) < 4.78 is 2.04. The summed E-state index contributed by atoms with van der Waals surface area (Å²) >= 11 is 0. The van der Waals surface area contributed by atoms with Crippen LogP contribution in [0.25, 0.3) is 11.0 Å². The van der Waals surface area contributed by atoms with Crippen LogP contribution in [0.2, 0.25) is 0 Å². The van der Waals surface area contributed by atoms with E-state index in [-0.39, 0.29) is 0 Å². The Labute approximate surface area is 108 Å². The molecule has 0 radical (unpaired) electrons. The zero-order valence-electron chi connectivity index (χ0n) is 11.5. The molecule has 0 amide bonds. The van der Waals surface area contributed by atoms with E-state index in [0.29, 0.717) is 12.5 Å². The Morgan fingerprint density at radius 2 is 1.94 bits per heavy atom. The van der Waals surface area contributed by atoms with Crippen molar-refractivity contribution in [3.05, 3.63) is 29.1 Å². The molecule has 1 heterocycles. The highest BCUT2D eigenvalue weighted by atomic mass is 15.1. The number of hydrogen-bond acceptors (Lipinski definition) is 2. The van der Waals surface area contributed by atoms with E-state index in [1.165, 1.54) is 11.1 Å². The third-order valence-corrected chi connectivity index (χ3v) is 3.26. The summed E-state index contributed by atoms with van der Waals surface area (Å²) in [6, 6.07) is 6.48. The quantitative estimate of drug-likeness (QED) is 0.826. The number of benzene rings is 1. The first-order chi connectivity index (χ1) is 8.52. The lowest BCUT2D eigenvalue weighted by atomic mass is 10.1. The highest BCUT2D eigenvalue weighted by molar-refractivity contribution is 5.78. The molecule has 3 heteroatoms. The number of aromatic nitrogens is 2. The highest BCUT2D eigenvalue weighted by Crippen LogP contribution is 2.22. The molecule has 0 fully saturated rings. The summed E-state index contributed by atoms with van der Waals surface area (Å²) in [5.41, 5.74) is 4.58. The fourth-order valence-corrected chi connectivity index (χ4v) is 2.20. The van der Waals surface area contributed by atoms with E-state index >= 15 is 0 Å². The van der Waals surface area contributed by atoms with Gasteiger partial charge in [-0.25, -0.2) is 4.98 Å². The third kappa shape index (κ3) is 2.24. The van der Waals surface area contributed by atoms with Gasteiger partial charge >= 0.3 is 0 Å². The number of aryl methyl sites for hydroxylation is 2. The zero-order valence-corrected chi connectivity index (χ0v) is 11.5. The lowest BCUT2D eigenvalue weighted by Gasteiger charge is -2.07. The van der Waals surface area contributed by atoms with Gasteiger partial charge in [-0.15, -0.1) is 0 Å². The lowest BCUT2D eigenvalue weighted by Crippen LogP contribution is -2.06. The molecule has 0 aliphatic carbocycles. The number of fused-ring (bicyclic) bond motifs is 1. The predicted octanol–water partition coefficient (Wildman–Crippen LogP) is 3.38. The topological polar surface area (TPSA) is 41.6 Å². The highest BCUT2D eigenvalue weighted by Gasteiger charge is 2.12. The first-order valence-corrected chi connectivity index (χ1v) is 6.36. The summed E-state index contributed by atoms with van der Waals surface area (Å²) in [6.45, 7) is 8.92. The summed E-state index contributed by atoms with van der Waals surface area (Å²) in [5.74, 6) is 1.56. The minimum atomic E-state index is 0.376. The second kappa shape index (κ2) is 4.81. The van der Waals surface area contributed by atoms with E-state index < -0.39 is 0 Å². The van der Waals surface area contributed by atoms with Crippen molar-refractivity contribution in [2.45, 2.75) is 40.7 Å². The minimum Gasteiger partial charge on any atom is -0.314 e. The van der Waals surface area contributed by atoms with Gasteiger partial charge in [-0.3, -0.25) is 0 Å². The molecular formula is C15H19N3. The number of imidazole rings is 1. The van der Waals surface area contributed by atoms with Crippen molar-refractivity contribution >= 4 is 11.0 Å². The fraction of sp³-hybridized carbons (Fsp3) is 0.467. The summed E-state index contributed by atoms with van der Waals surface area (Å²) in [7, 11) is 0. The zero-order chi connectivity index (χ0) is 13.3. The van der Waals surface area contributed by atoms with Gasteiger partial charge in [-0.2, -0.15) is 5.26 Å². The van der Waals surface area contributed by atoms with Crippen LogP contribution >= 0.6 is 0 Å². The van der Waals surface area contributed by atoms with Crippen molar-refractivity contribution in [1.82, 2.24) is 9.55 Å². The van der Waals surface area contributed by atoms with Crippen LogP contribution in [0.15, 0.2) is 12.1 Å². The van der Waals surface area contributed by atoms with Gasteiger partial charge in [-0.05, 0) is 43.0 Å². The molecule has 3 nitrogen and oxygen atoms in total. The van der Waals surface area contributed by atoms with E-state index in [2.05, 4.69) is 50.9 Å². The number of rotatable bonds is 3. The Bertz CT molecular complexity index is 615. The van der Waals surface area contributed by atoms with Crippen molar-refractivity contribution in [2.75, 3.05) is 0 Å². The van der Waals surface area contributed by atoms with Crippen LogP contribution in [-0.4, -0.2) is 9.55 Å². The monoisotopic (exact) mass is 241 g/mol. The van der Waals surface area contributed by atoms with E-state index in [1.54, 1.807) is 0 Å². The Balaban J connectivity index is 2.64. The molecule has 0 aliphatic heterocycles. The van der Waals surface area contributed by atoms with Crippen LogP contribution in [0.5, 0.6) is 0 Å². The Morgan fingerprint density at radius 1 is 1.28 bits per heavy atom. The lowest BCUT2D eigenvalue weighted by molar-refractivity contribution is 0.598. The summed E-state index contributed by atoms with van der Waals surface area (Å²) in [5, 5.41) is 8.98. The molecule has 94 valence electrons. The molecule has 0 spiro atoms. The van der Waals surface area contributed by atoms with Crippen molar-refractivity contribution in [2.24, 2.45) is 5.92 Å². The van der Waals surface area contributed by atoms with Gasteiger partial charge in [0.2, 0.25) is 0 Å². The largest absolute Gasteiger partial charge is 0.314 e. The van der Waals surface area contributed by atoms with Gasteiger partial charge in [0.05, 0.1) is 17.1 Å². The van der Waals surface area contributed by atoms with Gasteiger partial charge in [0, 0.05) is 6.42 Å². The minimum absolute atomic E-state index is 0.376. The second-order valence-corrected chi connectivity index (χ2v) is 5.30. The van der Waals surface area contributed by atoms with Crippen LogP contribution in [0.1, 0.15) is 30.8 Å². The van der Waals surface area contributed by atoms with Crippen LogP contribution < -0.4 is 0 Å². The molecule has 0 bridgehead atoms. The molecule has 0 saturated carbocycles. The van der Waals surface area contributed by atoms with Crippen molar-refractivity contribution in [1.29, 1.82) is 5.26 Å². The maximum absolute atomic E-state index is 8.98. The van der Waals surface area contributed by atoms with Crippen LogP contribution in [-0.2, 0) is 13.0 Å². The third-order valence-electron chi connectivity index (χ3n) is 3.26. The SMILES string of the molecule is Cc1cc2nc(CC(C)C)n(CC#N)c2cc1C. The van der Waals surface area contributed by atoms with Crippen molar-refractivity contribution in [3.63, 3.8) is 0 Å². The van der Waals surface area contributed by atoms with E-state index in [0.717, 1.165) is 23.3 Å². The standard InChI is InChI=1S/C15H19N3/c1-10(2)7-15-17-13-8-11(3)12(4)9-14(13)18(15)6-5-16/h8-10H,6-7H2,1-4H3. The molecule has 0 N–H and O–H groups in total. The van der Waals surface area contributed by atoms with Gasteiger partial charge in [0.1, 0.15) is 12.4 Å². The average molecular weight is 241 g/mol. The average Bonchev–Trinajstić information content (AvgIpc) is 2.58. The first kappa shape index (κ1) is 12.6. The Kier molecular flexibility index (Phi) is 3.38. The smallest absolute Gasteiger partial charge is 0.111 e. The van der Waals surface area contributed by atoms with Gasteiger partial charge in [-0.1, -0.05) is 13.8 Å². The molecule has 1 aromatic carbocycles. The Morgan fingerprint density at radius 3 is 2.56 bits per heavy atom. The van der Waals surface area contributed by atoms with Crippen LogP contribution in [0.4, 0.5) is 0 Å². The van der Waals surface area contributed by atoms with E-state index in [4.69, 9.17) is 5.26 Å². The Hall–Kier alpha value is -1.82.